The zero-order chi connectivity index (χ0) is 17.0. The van der Waals surface area contributed by atoms with Crippen molar-refractivity contribution in [1.29, 1.82) is 0 Å². The molecule has 6 nitrogen and oxygen atoms in total. The van der Waals surface area contributed by atoms with Gasteiger partial charge >= 0.3 is 0 Å². The van der Waals surface area contributed by atoms with Gasteiger partial charge in [-0.15, -0.1) is 0 Å². The van der Waals surface area contributed by atoms with Gasteiger partial charge in [0.15, 0.2) is 10.8 Å². The first kappa shape index (κ1) is 17.3. The minimum absolute atomic E-state index is 0.00468. The predicted molar refractivity (Wildman–Crippen MR) is 91.7 cm³/mol. The van der Waals surface area contributed by atoms with Gasteiger partial charge in [0.2, 0.25) is 0 Å². The van der Waals surface area contributed by atoms with Gasteiger partial charge in [-0.05, 0) is 29.8 Å². The quantitative estimate of drug-likeness (QED) is 0.488. The molecule has 0 radical (unpaired) electrons. The van der Waals surface area contributed by atoms with Crippen molar-refractivity contribution >= 4 is 52.6 Å². The summed E-state index contributed by atoms with van der Waals surface area (Å²) in [6.07, 6.45) is 1.45. The molecule has 23 heavy (non-hydrogen) atoms. The fraction of sp³-hybridized carbons (Fsp3) is 0.0714. The van der Waals surface area contributed by atoms with E-state index in [1.54, 1.807) is 31.4 Å². The highest BCUT2D eigenvalue weighted by Crippen LogP contribution is 2.34. The third-order valence-electron chi connectivity index (χ3n) is 2.78. The number of pyridine rings is 1. The minimum Gasteiger partial charge on any atom is -0.497 e. The summed E-state index contributed by atoms with van der Waals surface area (Å²) in [4.78, 5) is 15.8. The van der Waals surface area contributed by atoms with Crippen LogP contribution in [0.3, 0.4) is 0 Å². The fourth-order valence-corrected chi connectivity index (χ4v) is 2.18. The number of nitrogens with one attached hydrogen (secondary N) is 1. The average molecular weight is 374 g/mol. The Bertz CT molecular complexity index is 764. The normalized spacial score (nSPS) is 10.8. The zero-order valence-corrected chi connectivity index (χ0v) is 14.1. The van der Waals surface area contributed by atoms with Crippen molar-refractivity contribution in [3.8, 4) is 5.75 Å². The number of hydrogen-bond donors (Lipinski definition) is 2. The number of benzene rings is 1. The van der Waals surface area contributed by atoms with E-state index < -0.39 is 5.91 Å². The topological polar surface area (TPSA) is 89.6 Å². The van der Waals surface area contributed by atoms with E-state index in [1.165, 1.54) is 6.21 Å². The number of rotatable bonds is 4. The van der Waals surface area contributed by atoms with E-state index in [0.717, 1.165) is 5.56 Å². The van der Waals surface area contributed by atoms with Crippen LogP contribution in [-0.4, -0.2) is 24.2 Å². The van der Waals surface area contributed by atoms with Crippen LogP contribution in [0.2, 0.25) is 15.2 Å². The number of carbonyl (C=O) groups excluding carboxylic acids is 1. The van der Waals surface area contributed by atoms with Crippen LogP contribution in [0.4, 0.5) is 5.69 Å². The summed E-state index contributed by atoms with van der Waals surface area (Å²) in [6.45, 7) is 0. The van der Waals surface area contributed by atoms with Crippen molar-refractivity contribution < 1.29 is 9.53 Å². The van der Waals surface area contributed by atoms with E-state index in [4.69, 9.17) is 45.3 Å². The summed E-state index contributed by atoms with van der Waals surface area (Å²) in [5.41, 5.74) is 8.52. The van der Waals surface area contributed by atoms with Crippen LogP contribution in [0, 0.1) is 0 Å². The summed E-state index contributed by atoms with van der Waals surface area (Å²) < 4.78 is 5.04. The molecule has 0 aliphatic heterocycles. The molecular weight excluding hydrogens is 363 g/mol. The number of ether oxygens (including phenoxy) is 1. The Balaban J connectivity index is 2.11. The summed E-state index contributed by atoms with van der Waals surface area (Å²) in [5.74, 6) is 0.0541. The maximum Gasteiger partial charge on any atom is 0.291 e. The number of aromatic nitrogens is 1. The highest BCUT2D eigenvalue weighted by atomic mass is 35.5. The molecule has 3 N–H and O–H groups in total. The first-order valence-electron chi connectivity index (χ1n) is 6.21. The lowest BCUT2D eigenvalue weighted by molar-refractivity contribution is 0.0950. The van der Waals surface area contributed by atoms with Gasteiger partial charge in [-0.2, -0.15) is 5.10 Å². The molecule has 0 aliphatic carbocycles. The van der Waals surface area contributed by atoms with E-state index >= 15 is 0 Å². The number of methoxy groups -OCH3 is 1. The van der Waals surface area contributed by atoms with Gasteiger partial charge in [0.25, 0.3) is 5.91 Å². The predicted octanol–water partition coefficient (Wildman–Crippen LogP) is 3.40. The van der Waals surface area contributed by atoms with E-state index in [1.807, 2.05) is 0 Å². The molecule has 2 aromatic rings. The monoisotopic (exact) mass is 372 g/mol. The molecule has 1 heterocycles. The molecule has 0 aliphatic rings. The minimum atomic E-state index is -0.662. The van der Waals surface area contributed by atoms with Gasteiger partial charge in [0.1, 0.15) is 10.8 Å². The van der Waals surface area contributed by atoms with Gasteiger partial charge in [-0.25, -0.2) is 10.4 Å². The number of hydrogen-bond acceptors (Lipinski definition) is 5. The maximum absolute atomic E-state index is 12.0. The van der Waals surface area contributed by atoms with Crippen LogP contribution in [-0.2, 0) is 0 Å². The molecular formula is C14H11Cl3N4O2. The van der Waals surface area contributed by atoms with Crippen LogP contribution in [0.5, 0.6) is 5.75 Å². The van der Waals surface area contributed by atoms with E-state index in [-0.39, 0.29) is 26.6 Å². The molecule has 0 unspecified atom stereocenters. The highest BCUT2D eigenvalue weighted by Gasteiger charge is 2.19. The molecule has 0 bridgehead atoms. The first-order chi connectivity index (χ1) is 10.9. The second-order valence-electron chi connectivity index (χ2n) is 4.27. The Labute approximate surface area is 147 Å². The van der Waals surface area contributed by atoms with Crippen molar-refractivity contribution in [2.24, 2.45) is 5.10 Å². The number of amides is 1. The second-order valence-corrected chi connectivity index (χ2v) is 5.38. The number of carbonyl (C=O) groups is 1. The molecule has 0 atom stereocenters. The summed E-state index contributed by atoms with van der Waals surface area (Å²) in [5, 5.41) is 3.61. The zero-order valence-electron chi connectivity index (χ0n) is 11.8. The third-order valence-corrected chi connectivity index (χ3v) is 3.92. The molecule has 0 saturated heterocycles. The first-order valence-corrected chi connectivity index (χ1v) is 7.35. The van der Waals surface area contributed by atoms with Gasteiger partial charge in [0.05, 0.1) is 24.0 Å². The number of hydrazone groups is 1. The van der Waals surface area contributed by atoms with Crippen LogP contribution in [0.15, 0.2) is 29.4 Å². The molecule has 1 aromatic carbocycles. The van der Waals surface area contributed by atoms with Crippen molar-refractivity contribution in [2.45, 2.75) is 0 Å². The number of nitrogens with zero attached hydrogens (tertiary/aromatic N) is 2. The van der Waals surface area contributed by atoms with Gasteiger partial charge in [0, 0.05) is 0 Å². The molecule has 2 rings (SSSR count). The number of anilines is 1. The Morgan fingerprint density at radius 2 is 1.91 bits per heavy atom. The standard InChI is InChI=1S/C14H11Cl3N4O2/c1-23-8-4-2-7(3-5-8)6-19-21-14(22)12-9(15)11(18)10(16)13(17)20-12/h2-6H,1H3,(H2,18,20)(H,21,22)/b19-6-. The maximum atomic E-state index is 12.0. The molecule has 0 fully saturated rings. The van der Waals surface area contributed by atoms with E-state index in [9.17, 15) is 4.79 Å². The summed E-state index contributed by atoms with van der Waals surface area (Å²) >= 11 is 17.5. The van der Waals surface area contributed by atoms with E-state index in [2.05, 4.69) is 15.5 Å². The number of halogens is 3. The van der Waals surface area contributed by atoms with Crippen molar-refractivity contribution in [2.75, 3.05) is 12.8 Å². The molecule has 120 valence electrons. The summed E-state index contributed by atoms with van der Waals surface area (Å²) in [7, 11) is 1.57. The van der Waals surface area contributed by atoms with Crippen LogP contribution in [0.25, 0.3) is 0 Å². The highest BCUT2D eigenvalue weighted by molar-refractivity contribution is 6.46. The Morgan fingerprint density at radius 3 is 2.52 bits per heavy atom. The average Bonchev–Trinajstić information content (AvgIpc) is 2.56. The van der Waals surface area contributed by atoms with Gasteiger partial charge in [-0.3, -0.25) is 4.79 Å². The lowest BCUT2D eigenvalue weighted by atomic mass is 10.2. The number of nitrogens with two attached hydrogens (primary N) is 1. The van der Waals surface area contributed by atoms with Crippen molar-refractivity contribution in [3.63, 3.8) is 0 Å². The van der Waals surface area contributed by atoms with Crippen LogP contribution < -0.4 is 15.9 Å². The Kier molecular flexibility index (Phi) is 5.65. The van der Waals surface area contributed by atoms with Gasteiger partial charge < -0.3 is 10.5 Å². The summed E-state index contributed by atoms with van der Waals surface area (Å²) in [6, 6.07) is 7.08. The number of nitrogen functional groups attached to an aromatic ring is 1. The lowest BCUT2D eigenvalue weighted by Gasteiger charge is -2.07. The second kappa shape index (κ2) is 7.50. The molecule has 0 spiro atoms. The van der Waals surface area contributed by atoms with Crippen molar-refractivity contribution in [3.05, 3.63) is 50.7 Å². The van der Waals surface area contributed by atoms with Crippen LogP contribution in [0.1, 0.15) is 16.1 Å². The van der Waals surface area contributed by atoms with Crippen molar-refractivity contribution in [1.82, 2.24) is 10.4 Å². The largest absolute Gasteiger partial charge is 0.497 e. The SMILES string of the molecule is COc1ccc(/C=N\NC(=O)c2nc(Cl)c(Cl)c(N)c2Cl)cc1. The lowest BCUT2D eigenvalue weighted by Crippen LogP contribution is -2.20. The van der Waals surface area contributed by atoms with E-state index in [0.29, 0.717) is 5.75 Å². The third kappa shape index (κ3) is 4.04. The molecule has 9 heteroatoms. The Morgan fingerprint density at radius 1 is 1.26 bits per heavy atom. The van der Waals surface area contributed by atoms with Crippen LogP contribution >= 0.6 is 34.8 Å². The molecule has 1 amide bonds. The van der Waals surface area contributed by atoms with Gasteiger partial charge in [-0.1, -0.05) is 34.8 Å². The molecule has 0 saturated carbocycles. The smallest absolute Gasteiger partial charge is 0.291 e. The fourth-order valence-electron chi connectivity index (χ4n) is 1.59. The molecule has 1 aromatic heterocycles. The Hall–Kier alpha value is -2.02.